The molecule has 6 atom stereocenters. The first-order valence-electron chi connectivity index (χ1n) is 22.1. The molecule has 2 aromatic heterocycles. The number of pyridine rings is 1. The third-order valence-corrected chi connectivity index (χ3v) is 16.4. The number of alkyl carbamates (subject to hydrolysis) is 1. The highest BCUT2D eigenvalue weighted by Crippen LogP contribution is 2.71. The molecule has 2 saturated carbocycles. The van der Waals surface area contributed by atoms with Crippen molar-refractivity contribution in [1.29, 1.82) is 0 Å². The number of carbonyl (C=O) groups is 3. The summed E-state index contributed by atoms with van der Waals surface area (Å²) in [6.07, 6.45) is 2.82. The van der Waals surface area contributed by atoms with Crippen LogP contribution in [0, 0.1) is 17.6 Å². The van der Waals surface area contributed by atoms with Gasteiger partial charge in [-0.15, -0.1) is 11.3 Å². The molecule has 4 N–H and O–H groups in total. The second-order valence-corrected chi connectivity index (χ2v) is 21.4. The topological polar surface area (TPSA) is 191 Å². The molecular weight excluding hydrogens is 905 g/mol. The summed E-state index contributed by atoms with van der Waals surface area (Å²) in [5, 5.41) is 10.4. The maximum absolute atomic E-state index is 15.0. The number of hydrogen-bond acceptors (Lipinski definition) is 12. The average Bonchev–Trinajstić information content (AvgIpc) is 3.68. The van der Waals surface area contributed by atoms with Crippen molar-refractivity contribution in [3.8, 4) is 22.9 Å². The lowest BCUT2D eigenvalue weighted by Crippen LogP contribution is -2.56. The van der Waals surface area contributed by atoms with Gasteiger partial charge in [-0.3, -0.25) is 14.2 Å². The molecule has 0 radical (unpaired) electrons. The molecule has 20 heteroatoms. The zero-order chi connectivity index (χ0) is 46.0. The predicted octanol–water partition coefficient (Wildman–Crippen LogP) is 8.40. The van der Waals surface area contributed by atoms with Crippen molar-refractivity contribution in [2.24, 2.45) is 5.92 Å². The Morgan fingerprint density at radius 1 is 1.06 bits per heavy atom. The van der Waals surface area contributed by atoms with E-state index in [0.717, 1.165) is 25.0 Å². The summed E-state index contributed by atoms with van der Waals surface area (Å²) in [6, 6.07) is 5.92. The Labute approximate surface area is 384 Å². The molecule has 15 nitrogen and oxygen atoms in total. The molecule has 8 rings (SSSR count). The molecule has 4 aromatic rings. The minimum atomic E-state index is -4.58. The zero-order valence-electron chi connectivity index (χ0n) is 36.4. The molecule has 2 aliphatic carbocycles. The molecule has 3 amide bonds. The number of hydrogen-bond donors (Lipinski definition) is 4. The van der Waals surface area contributed by atoms with E-state index in [1.807, 2.05) is 19.2 Å². The van der Waals surface area contributed by atoms with Crippen LogP contribution in [0.1, 0.15) is 83.6 Å². The number of aromatic nitrogens is 2. The summed E-state index contributed by atoms with van der Waals surface area (Å²) in [5.74, 6) is -3.12. The van der Waals surface area contributed by atoms with Crippen LogP contribution >= 0.6 is 30.3 Å². The smallest absolute Gasteiger partial charge is 0.408 e. The van der Waals surface area contributed by atoms with Crippen molar-refractivity contribution in [3.63, 3.8) is 0 Å². The van der Waals surface area contributed by atoms with Gasteiger partial charge in [0.15, 0.2) is 5.13 Å². The van der Waals surface area contributed by atoms with E-state index in [0.29, 0.717) is 77.4 Å². The van der Waals surface area contributed by atoms with Gasteiger partial charge in [0.25, 0.3) is 0 Å². The van der Waals surface area contributed by atoms with E-state index < -0.39 is 78.0 Å². The van der Waals surface area contributed by atoms with Gasteiger partial charge in [0.05, 0.1) is 37.6 Å². The first kappa shape index (κ1) is 46.9. The van der Waals surface area contributed by atoms with E-state index in [2.05, 4.69) is 16.0 Å². The van der Waals surface area contributed by atoms with Crippen LogP contribution in [-0.2, 0) is 29.8 Å². The van der Waals surface area contributed by atoms with Crippen molar-refractivity contribution < 1.29 is 51.6 Å². The SMILES string of the molecule is COc1ccc2c(OC3C[C@H]4C(=O)N[C@]5(P(=O)(O)Cc6c(F)cccc6F)C[C@H]5CCCCCOCC(NC(=O)OC5CCCC5)C(=O)N4C3)cc(-c3csc(NC(C)C)n3)nc2c1Cl. The van der Waals surface area contributed by atoms with Crippen molar-refractivity contribution >= 4 is 64.2 Å². The summed E-state index contributed by atoms with van der Waals surface area (Å²) < 4.78 is 68.3. The lowest BCUT2D eigenvalue weighted by Gasteiger charge is -2.31. The highest BCUT2D eigenvalue weighted by Gasteiger charge is 2.66. The molecule has 4 fully saturated rings. The number of nitrogens with zero attached hydrogens (tertiary/aromatic N) is 3. The fourth-order valence-electron chi connectivity index (χ4n) is 9.20. The molecular formula is C45H54ClF2N6O9PS. The molecule has 2 aromatic carbocycles. The molecule has 4 heterocycles. The van der Waals surface area contributed by atoms with E-state index in [1.165, 1.54) is 29.4 Å². The van der Waals surface area contributed by atoms with Gasteiger partial charge in [0.2, 0.25) is 19.2 Å². The molecule has 0 spiro atoms. The Morgan fingerprint density at radius 3 is 2.55 bits per heavy atom. The number of benzene rings is 2. The Kier molecular flexibility index (Phi) is 14.2. The van der Waals surface area contributed by atoms with Crippen LogP contribution in [0.2, 0.25) is 5.02 Å². The third-order valence-electron chi connectivity index (χ3n) is 12.6. The Balaban J connectivity index is 1.14. The van der Waals surface area contributed by atoms with Crippen LogP contribution in [0.25, 0.3) is 22.3 Å². The molecule has 3 unspecified atom stereocenters. The van der Waals surface area contributed by atoms with Crippen LogP contribution in [-0.4, -0.2) is 100 Å². The van der Waals surface area contributed by atoms with E-state index in [-0.39, 0.29) is 49.8 Å². The van der Waals surface area contributed by atoms with Crippen LogP contribution in [0.5, 0.6) is 11.5 Å². The lowest BCUT2D eigenvalue weighted by molar-refractivity contribution is -0.141. The fourth-order valence-corrected chi connectivity index (χ4v) is 12.8. The van der Waals surface area contributed by atoms with Gasteiger partial charge in [-0.05, 0) is 89.0 Å². The highest BCUT2D eigenvalue weighted by atomic mass is 35.5. The number of amides is 3. The lowest BCUT2D eigenvalue weighted by atomic mass is 10.1. The van der Waals surface area contributed by atoms with Crippen molar-refractivity contribution in [2.45, 2.75) is 120 Å². The number of nitrogens with one attached hydrogen (secondary N) is 3. The normalized spacial score (nSPS) is 25.2. The largest absolute Gasteiger partial charge is 0.495 e. The van der Waals surface area contributed by atoms with Crippen molar-refractivity contribution in [1.82, 2.24) is 25.5 Å². The Morgan fingerprint density at radius 2 is 1.82 bits per heavy atom. The fraction of sp³-hybridized carbons (Fsp3) is 0.533. The Bertz CT molecular complexity index is 2460. The molecule has 0 bridgehead atoms. The van der Waals surface area contributed by atoms with E-state index in [4.69, 9.17) is 40.5 Å². The van der Waals surface area contributed by atoms with Crippen LogP contribution in [0.4, 0.5) is 18.7 Å². The maximum atomic E-state index is 15.0. The summed E-state index contributed by atoms with van der Waals surface area (Å²) in [7, 11) is -3.09. The van der Waals surface area contributed by atoms with Crippen LogP contribution < -0.4 is 25.4 Å². The minimum Gasteiger partial charge on any atom is -0.495 e. The first-order valence-corrected chi connectivity index (χ1v) is 25.2. The van der Waals surface area contributed by atoms with Gasteiger partial charge < -0.3 is 44.7 Å². The number of halogens is 3. The second-order valence-electron chi connectivity index (χ2n) is 17.6. The van der Waals surface area contributed by atoms with Gasteiger partial charge in [-0.25, -0.2) is 23.5 Å². The van der Waals surface area contributed by atoms with E-state index in [9.17, 15) is 32.6 Å². The number of carbonyl (C=O) groups excluding carboxylic acids is 3. The quantitative estimate of drug-likeness (QED) is 0.105. The maximum Gasteiger partial charge on any atom is 0.408 e. The molecule has 65 heavy (non-hydrogen) atoms. The Hall–Kier alpha value is -4.61. The van der Waals surface area contributed by atoms with E-state index in [1.54, 1.807) is 18.2 Å². The summed E-state index contributed by atoms with van der Waals surface area (Å²) in [4.78, 5) is 65.6. The van der Waals surface area contributed by atoms with Crippen molar-refractivity contribution in [3.05, 3.63) is 64.0 Å². The van der Waals surface area contributed by atoms with Crippen LogP contribution in [0.15, 0.2) is 41.8 Å². The monoisotopic (exact) mass is 958 g/mol. The standard InChI is InChI=1S/C45H54ClF2N6O9PS/c1-25(2)49-43-51-35(24-65-43)33-19-38(29-15-16-37(60-3)39(46)40(29)50-33)62-28-18-36-41(55)53-45(64(58,59)23-30-31(47)13-9-14-32(30)48)20-26(45)10-5-4-8-17-61-22-34(42(56)54(36)21-28)52-44(57)63-27-11-6-7-12-27/h9,13-16,19,24-28,34,36H,4-8,10-12,17-18,20-23H2,1-3H3,(H,49,51)(H,52,57)(H,53,55)(H,58,59)/t26-,28?,34?,36+,45+/m1/s1. The van der Waals surface area contributed by atoms with Gasteiger partial charge in [-0.2, -0.15) is 0 Å². The predicted molar refractivity (Wildman–Crippen MR) is 242 cm³/mol. The minimum absolute atomic E-state index is 0.0850. The zero-order valence-corrected chi connectivity index (χ0v) is 38.9. The average molecular weight is 959 g/mol. The summed E-state index contributed by atoms with van der Waals surface area (Å²) in [6.45, 7) is 3.90. The van der Waals surface area contributed by atoms with Gasteiger partial charge in [0, 0.05) is 41.5 Å². The molecule has 4 aliphatic rings. The molecule has 350 valence electrons. The second kappa shape index (κ2) is 19.7. The highest BCUT2D eigenvalue weighted by molar-refractivity contribution is 7.59. The van der Waals surface area contributed by atoms with Crippen LogP contribution in [0.3, 0.4) is 0 Å². The summed E-state index contributed by atoms with van der Waals surface area (Å²) in [5.41, 5.74) is 0.799. The number of anilines is 1. The molecule has 2 aliphatic heterocycles. The van der Waals surface area contributed by atoms with E-state index >= 15 is 0 Å². The van der Waals surface area contributed by atoms with Gasteiger partial charge in [0.1, 0.15) is 63.4 Å². The number of fused-ring (bicyclic) bond motifs is 3. The number of methoxy groups -OCH3 is 1. The third kappa shape index (κ3) is 10.2. The van der Waals surface area contributed by atoms with Gasteiger partial charge in [-0.1, -0.05) is 30.5 Å². The first-order chi connectivity index (χ1) is 31.2. The summed E-state index contributed by atoms with van der Waals surface area (Å²) >= 11 is 8.26. The van der Waals surface area contributed by atoms with Gasteiger partial charge >= 0.3 is 6.09 Å². The van der Waals surface area contributed by atoms with Crippen molar-refractivity contribution in [2.75, 3.05) is 32.2 Å². The molecule has 2 saturated heterocycles. The number of rotatable bonds is 11. The number of ether oxygens (including phenoxy) is 4. The number of thiazole rings is 1.